The molecule has 0 aromatic carbocycles. The molecule has 0 saturated carbocycles. The van der Waals surface area contributed by atoms with Crippen LogP contribution < -0.4 is 4.89 Å². The van der Waals surface area contributed by atoms with E-state index < -0.39 is 7.82 Å². The maximum absolute atomic E-state index is 11.0. The molecular formula is C10H22O6P-. The first-order chi connectivity index (χ1) is 8.05. The molecule has 0 rings (SSSR count). The van der Waals surface area contributed by atoms with E-state index in [4.69, 9.17) is 9.47 Å². The van der Waals surface area contributed by atoms with Crippen molar-refractivity contribution in [2.24, 2.45) is 0 Å². The highest BCUT2D eigenvalue weighted by molar-refractivity contribution is 7.45. The van der Waals surface area contributed by atoms with Crippen LogP contribution >= 0.6 is 7.82 Å². The lowest BCUT2D eigenvalue weighted by Gasteiger charge is -2.24. The van der Waals surface area contributed by atoms with Gasteiger partial charge in [0.05, 0.1) is 13.2 Å². The second kappa shape index (κ2) is 10.00. The van der Waals surface area contributed by atoms with E-state index in [0.717, 1.165) is 20.0 Å². The number of hydrogen-bond donors (Lipinski definition) is 0. The molecule has 104 valence electrons. The van der Waals surface area contributed by atoms with Gasteiger partial charge < -0.3 is 23.4 Å². The molecule has 0 heterocycles. The molecule has 0 aromatic heterocycles. The van der Waals surface area contributed by atoms with Gasteiger partial charge in [0, 0.05) is 20.3 Å². The zero-order valence-electron chi connectivity index (χ0n) is 10.7. The third-order valence-electron chi connectivity index (χ3n) is 1.85. The van der Waals surface area contributed by atoms with Gasteiger partial charge in [-0.25, -0.2) is 0 Å². The minimum atomic E-state index is -4.18. The van der Waals surface area contributed by atoms with E-state index in [1.807, 2.05) is 13.8 Å². The molecule has 6 nitrogen and oxygen atoms in total. The molecule has 0 radical (unpaired) electrons. The Labute approximate surface area is 103 Å². The standard InChI is InChI=1S/C10H23O6P/c1-4-6-14-8-10(15-7-5-2)9-16-17(11,12)13-3/h10H,4-9H2,1-3H3,(H,11,12)/p-1. The summed E-state index contributed by atoms with van der Waals surface area (Å²) in [7, 11) is -3.13. The lowest BCUT2D eigenvalue weighted by molar-refractivity contribution is -0.225. The minimum absolute atomic E-state index is 0.0850. The number of phosphoric ester groups is 1. The molecule has 0 spiro atoms. The molecule has 0 fully saturated rings. The van der Waals surface area contributed by atoms with E-state index >= 15 is 0 Å². The van der Waals surface area contributed by atoms with Crippen molar-refractivity contribution >= 4 is 7.82 Å². The highest BCUT2D eigenvalue weighted by Gasteiger charge is 2.14. The summed E-state index contributed by atoms with van der Waals surface area (Å²) in [6.07, 6.45) is 1.36. The summed E-state index contributed by atoms with van der Waals surface area (Å²) < 4.78 is 30.6. The maximum atomic E-state index is 11.0. The molecule has 17 heavy (non-hydrogen) atoms. The average Bonchev–Trinajstić information content (AvgIpc) is 2.32. The first-order valence-electron chi connectivity index (χ1n) is 5.76. The molecule has 0 aromatic rings. The predicted molar refractivity (Wildman–Crippen MR) is 61.7 cm³/mol. The Morgan fingerprint density at radius 1 is 1.18 bits per heavy atom. The molecule has 0 bridgehead atoms. The lowest BCUT2D eigenvalue weighted by Crippen LogP contribution is -2.27. The molecule has 0 aliphatic rings. The van der Waals surface area contributed by atoms with E-state index in [-0.39, 0.29) is 12.7 Å². The van der Waals surface area contributed by atoms with Gasteiger partial charge in [0.1, 0.15) is 6.10 Å². The fraction of sp³-hybridized carbons (Fsp3) is 1.00. The monoisotopic (exact) mass is 269 g/mol. The molecule has 2 atom stereocenters. The van der Waals surface area contributed by atoms with Gasteiger partial charge in [-0.3, -0.25) is 4.57 Å². The Morgan fingerprint density at radius 2 is 1.82 bits per heavy atom. The molecular weight excluding hydrogens is 247 g/mol. The van der Waals surface area contributed by atoms with Crippen LogP contribution in [0.2, 0.25) is 0 Å². The minimum Gasteiger partial charge on any atom is -0.756 e. The normalized spacial score (nSPS) is 16.7. The van der Waals surface area contributed by atoms with Crippen molar-refractivity contribution in [1.29, 1.82) is 0 Å². The second-order valence-electron chi connectivity index (χ2n) is 3.49. The largest absolute Gasteiger partial charge is 0.756 e. The quantitative estimate of drug-likeness (QED) is 0.416. The van der Waals surface area contributed by atoms with E-state index in [9.17, 15) is 9.46 Å². The Bertz CT molecular complexity index is 223. The van der Waals surface area contributed by atoms with Crippen LogP contribution in [0.15, 0.2) is 0 Å². The van der Waals surface area contributed by atoms with Crippen molar-refractivity contribution < 1.29 is 28.0 Å². The van der Waals surface area contributed by atoms with Crippen molar-refractivity contribution in [3.8, 4) is 0 Å². The van der Waals surface area contributed by atoms with Crippen LogP contribution in [0.25, 0.3) is 0 Å². The zero-order chi connectivity index (χ0) is 13.1. The van der Waals surface area contributed by atoms with Crippen LogP contribution in [0.1, 0.15) is 26.7 Å². The Kier molecular flexibility index (Phi) is 10.0. The molecule has 0 amide bonds. The van der Waals surface area contributed by atoms with Crippen molar-refractivity contribution in [3.05, 3.63) is 0 Å². The highest BCUT2D eigenvalue weighted by atomic mass is 31.2. The number of hydrogen-bond acceptors (Lipinski definition) is 6. The van der Waals surface area contributed by atoms with Gasteiger partial charge in [-0.1, -0.05) is 13.8 Å². The van der Waals surface area contributed by atoms with E-state index in [1.165, 1.54) is 0 Å². The molecule has 0 aliphatic heterocycles. The fourth-order valence-electron chi connectivity index (χ4n) is 1.02. The summed E-state index contributed by atoms with van der Waals surface area (Å²) in [5.41, 5.74) is 0. The van der Waals surface area contributed by atoms with Crippen LogP contribution in [0.3, 0.4) is 0 Å². The van der Waals surface area contributed by atoms with Crippen LogP contribution in [0, 0.1) is 0 Å². The van der Waals surface area contributed by atoms with Gasteiger partial charge in [0.2, 0.25) is 0 Å². The van der Waals surface area contributed by atoms with Gasteiger partial charge in [-0.2, -0.15) is 0 Å². The Balaban J connectivity index is 3.95. The summed E-state index contributed by atoms with van der Waals surface area (Å²) >= 11 is 0. The third-order valence-corrected chi connectivity index (χ3v) is 2.76. The topological polar surface area (TPSA) is 77.1 Å². The maximum Gasteiger partial charge on any atom is 0.267 e. The van der Waals surface area contributed by atoms with Crippen LogP contribution in [0.5, 0.6) is 0 Å². The molecule has 0 saturated heterocycles. The first-order valence-corrected chi connectivity index (χ1v) is 7.22. The van der Waals surface area contributed by atoms with Crippen molar-refractivity contribution in [2.75, 3.05) is 33.5 Å². The second-order valence-corrected chi connectivity index (χ2v) is 5.01. The number of rotatable bonds is 11. The lowest BCUT2D eigenvalue weighted by atomic mass is 10.4. The predicted octanol–water partition coefficient (Wildman–Crippen LogP) is 1.34. The van der Waals surface area contributed by atoms with Crippen LogP contribution in [0.4, 0.5) is 0 Å². The van der Waals surface area contributed by atoms with Gasteiger partial charge >= 0.3 is 0 Å². The summed E-state index contributed by atoms with van der Waals surface area (Å²) in [4.78, 5) is 11.0. The van der Waals surface area contributed by atoms with Gasteiger partial charge in [0.25, 0.3) is 7.82 Å². The SMILES string of the molecule is CCCOCC(COP(=O)([O-])OC)OCCC. The van der Waals surface area contributed by atoms with Gasteiger partial charge in [-0.15, -0.1) is 0 Å². The Hall–Kier alpha value is 0.0300. The summed E-state index contributed by atoms with van der Waals surface area (Å²) in [6.45, 7) is 5.36. The van der Waals surface area contributed by atoms with Gasteiger partial charge in [-0.05, 0) is 12.8 Å². The summed E-state index contributed by atoms with van der Waals surface area (Å²) in [5, 5.41) is 0. The molecule has 7 heteroatoms. The zero-order valence-corrected chi connectivity index (χ0v) is 11.6. The number of phosphoric acid groups is 1. The summed E-state index contributed by atoms with van der Waals surface area (Å²) in [5.74, 6) is 0. The summed E-state index contributed by atoms with van der Waals surface area (Å²) in [6, 6.07) is 0. The van der Waals surface area contributed by atoms with Crippen molar-refractivity contribution in [1.82, 2.24) is 0 Å². The van der Waals surface area contributed by atoms with Crippen molar-refractivity contribution in [2.45, 2.75) is 32.8 Å². The molecule has 2 unspecified atom stereocenters. The third kappa shape index (κ3) is 9.71. The highest BCUT2D eigenvalue weighted by Crippen LogP contribution is 2.36. The van der Waals surface area contributed by atoms with Crippen molar-refractivity contribution in [3.63, 3.8) is 0 Å². The van der Waals surface area contributed by atoms with Crippen LogP contribution in [-0.4, -0.2) is 39.6 Å². The average molecular weight is 269 g/mol. The number of ether oxygens (including phenoxy) is 2. The van der Waals surface area contributed by atoms with E-state index in [1.54, 1.807) is 0 Å². The molecule has 0 aliphatic carbocycles. The van der Waals surface area contributed by atoms with E-state index in [2.05, 4.69) is 9.05 Å². The van der Waals surface area contributed by atoms with Crippen LogP contribution in [-0.2, 0) is 23.1 Å². The smallest absolute Gasteiger partial charge is 0.267 e. The van der Waals surface area contributed by atoms with E-state index in [0.29, 0.717) is 19.8 Å². The Morgan fingerprint density at radius 3 is 2.35 bits per heavy atom. The first kappa shape index (κ1) is 17.0. The fourth-order valence-corrected chi connectivity index (χ4v) is 1.47. The van der Waals surface area contributed by atoms with Gasteiger partial charge in [0.15, 0.2) is 0 Å². The molecule has 0 N–H and O–H groups in total.